The molecule has 0 saturated heterocycles. The number of rotatable bonds is 1. The molecule has 0 bridgehead atoms. The summed E-state index contributed by atoms with van der Waals surface area (Å²) in [6.45, 7) is 3.65. The van der Waals surface area contributed by atoms with Crippen molar-refractivity contribution in [1.29, 1.82) is 0 Å². The number of carbonyl (C=O) groups is 1. The van der Waals surface area contributed by atoms with E-state index in [1.807, 2.05) is 0 Å². The molecule has 0 aliphatic rings. The van der Waals surface area contributed by atoms with Crippen LogP contribution in [0.3, 0.4) is 0 Å². The van der Waals surface area contributed by atoms with Crippen molar-refractivity contribution in [3.63, 3.8) is 0 Å². The second-order valence-electron chi connectivity index (χ2n) is 0.925. The van der Waals surface area contributed by atoms with E-state index in [4.69, 9.17) is 0 Å². The minimum atomic E-state index is -0.211. The van der Waals surface area contributed by atoms with Gasteiger partial charge in [-0.3, -0.25) is 4.79 Å². The van der Waals surface area contributed by atoms with E-state index in [2.05, 4.69) is 4.74 Å². The fourth-order valence-corrected chi connectivity index (χ4v) is 0.203. The zero-order chi connectivity index (χ0) is 4.99. The maximum Gasteiger partial charge on any atom is 1.00 e. The number of hydrogen-bond acceptors (Lipinski definition) is 2. The lowest BCUT2D eigenvalue weighted by Crippen LogP contribution is -3.00. The van der Waals surface area contributed by atoms with E-state index in [-0.39, 0.29) is 19.8 Å². The summed E-state index contributed by atoms with van der Waals surface area (Å²) in [7, 11) is 0. The van der Waals surface area contributed by atoms with Crippen molar-refractivity contribution in [1.82, 2.24) is 0 Å². The topological polar surface area (TPSA) is 26.3 Å². The second-order valence-corrected chi connectivity index (χ2v) is 0.925. The summed E-state index contributed by atoms with van der Waals surface area (Å²) >= 11 is 0. The smallest absolute Gasteiger partial charge is 1.00 e. The summed E-state index contributed by atoms with van der Waals surface area (Å²) in [5.74, 6) is -0.211. The maximum atomic E-state index is 9.82. The molecule has 0 fully saturated rings. The highest BCUT2D eigenvalue weighted by molar-refractivity contribution is 5.65. The number of esters is 1. The molecule has 0 heterocycles. The summed E-state index contributed by atoms with van der Waals surface area (Å²) in [5, 5.41) is 0. The normalized spacial score (nSPS) is 6.57. The molecule has 0 aromatic rings. The predicted octanol–water partition coefficient (Wildman–Crippen LogP) is -2.31. The van der Waals surface area contributed by atoms with Crippen LogP contribution in [0, 0.1) is 0 Å². The van der Waals surface area contributed by atoms with Crippen molar-refractivity contribution >= 4 is 5.97 Å². The molecule has 0 atom stereocenters. The summed E-state index contributed by atoms with van der Waals surface area (Å²) in [6.07, 6.45) is 0. The minimum Gasteiger partial charge on any atom is -1.00 e. The molecular weight excluding hydrogens is 115 g/mol. The Bertz CT molecular complexity index is 58.0. The first kappa shape index (κ1) is 9.90. The Morgan fingerprint density at radius 2 is 2.29 bits per heavy atom. The summed E-state index contributed by atoms with van der Waals surface area (Å²) in [6, 6.07) is 0. The molecular formula is C4H9ClO2. The first-order chi connectivity index (χ1) is 2.77. The highest BCUT2D eigenvalue weighted by Crippen LogP contribution is 1.69. The fourth-order valence-electron chi connectivity index (χ4n) is 0.203. The highest BCUT2D eigenvalue weighted by Gasteiger charge is 1.81. The van der Waals surface area contributed by atoms with Gasteiger partial charge in [-0.05, 0) is 6.92 Å². The van der Waals surface area contributed by atoms with Gasteiger partial charge < -0.3 is 17.1 Å². The molecule has 2 nitrogen and oxygen atoms in total. The summed E-state index contributed by atoms with van der Waals surface area (Å²) in [5.41, 5.74) is 0. The van der Waals surface area contributed by atoms with Crippen molar-refractivity contribution in [3.8, 4) is 0 Å². The zero-order valence-electron chi connectivity index (χ0n) is 5.40. The Morgan fingerprint density at radius 1 is 1.86 bits per heavy atom. The van der Waals surface area contributed by atoms with Crippen LogP contribution in [0.15, 0.2) is 0 Å². The van der Waals surface area contributed by atoms with E-state index < -0.39 is 0 Å². The lowest BCUT2D eigenvalue weighted by atomic mass is 10.8. The molecule has 0 aliphatic carbocycles. The Hall–Kier alpha value is -0.240. The second kappa shape index (κ2) is 5.76. The average Bonchev–Trinajstić information content (AvgIpc) is 1.35. The van der Waals surface area contributed by atoms with Crippen molar-refractivity contribution in [2.24, 2.45) is 0 Å². The van der Waals surface area contributed by atoms with Gasteiger partial charge in [-0.25, -0.2) is 0 Å². The Kier molecular flexibility index (Phi) is 8.15. The number of carbonyl (C=O) groups excluding carboxylic acids is 1. The van der Waals surface area contributed by atoms with Gasteiger partial charge in [0, 0.05) is 6.92 Å². The highest BCUT2D eigenvalue weighted by atomic mass is 35.5. The van der Waals surface area contributed by atoms with Gasteiger partial charge in [-0.2, -0.15) is 0 Å². The largest absolute Gasteiger partial charge is 1.00 e. The van der Waals surface area contributed by atoms with E-state index in [9.17, 15) is 4.79 Å². The van der Waals surface area contributed by atoms with Crippen molar-refractivity contribution < 1.29 is 23.4 Å². The molecule has 0 saturated carbocycles. The molecule has 0 aromatic heterocycles. The van der Waals surface area contributed by atoms with Gasteiger partial charge in [-0.1, -0.05) is 0 Å². The monoisotopic (exact) mass is 124 g/mol. The molecule has 3 heteroatoms. The van der Waals surface area contributed by atoms with Crippen LogP contribution >= 0.6 is 0 Å². The molecule has 44 valence electrons. The van der Waals surface area contributed by atoms with Gasteiger partial charge >= 0.3 is 7.40 Å². The number of ether oxygens (including phenoxy) is 1. The third kappa shape index (κ3) is 10.7. The zero-order valence-corrected chi connectivity index (χ0v) is 5.16. The number of halogens is 1. The van der Waals surface area contributed by atoms with E-state index in [1.165, 1.54) is 6.92 Å². The van der Waals surface area contributed by atoms with Gasteiger partial charge in [0.15, 0.2) is 0 Å². The van der Waals surface area contributed by atoms with Gasteiger partial charge in [-0.15, -0.1) is 0 Å². The van der Waals surface area contributed by atoms with Crippen LogP contribution in [-0.2, 0) is 9.53 Å². The third-order valence-electron chi connectivity index (χ3n) is 0.348. The Balaban J connectivity index is -0.000000125. The molecule has 7 heavy (non-hydrogen) atoms. The van der Waals surface area contributed by atoms with E-state index in [1.54, 1.807) is 6.92 Å². The molecule has 0 aliphatic heterocycles. The quantitative estimate of drug-likeness (QED) is 0.367. The predicted molar refractivity (Wildman–Crippen MR) is 23.4 cm³/mol. The van der Waals surface area contributed by atoms with E-state index in [0.29, 0.717) is 6.61 Å². The van der Waals surface area contributed by atoms with Crippen LogP contribution in [0.25, 0.3) is 0 Å². The lowest BCUT2D eigenvalue weighted by Gasteiger charge is -1.89. The Labute approximate surface area is 50.7 Å². The summed E-state index contributed by atoms with van der Waals surface area (Å²) in [4.78, 5) is 9.82. The molecule has 0 radical (unpaired) electrons. The molecule has 0 unspecified atom stereocenters. The molecule has 0 aromatic carbocycles. The van der Waals surface area contributed by atoms with Gasteiger partial charge in [0.05, 0.1) is 6.61 Å². The summed E-state index contributed by atoms with van der Waals surface area (Å²) < 4.78 is 4.40. The SMILES string of the molecule is CCOC(C)=O.[Cl-].[H+]. The average molecular weight is 125 g/mol. The molecule has 0 rings (SSSR count). The van der Waals surface area contributed by atoms with E-state index >= 15 is 0 Å². The van der Waals surface area contributed by atoms with Crippen LogP contribution in [-0.4, -0.2) is 12.6 Å². The standard InChI is InChI=1S/C4H8O2.ClH/c1-3-6-4(2)5;/h3H2,1-2H3;1H. The maximum absolute atomic E-state index is 9.82. The Morgan fingerprint density at radius 3 is 2.29 bits per heavy atom. The van der Waals surface area contributed by atoms with Gasteiger partial charge in [0.1, 0.15) is 0 Å². The third-order valence-corrected chi connectivity index (χ3v) is 0.348. The van der Waals surface area contributed by atoms with Crippen molar-refractivity contribution in [2.75, 3.05) is 6.61 Å². The van der Waals surface area contributed by atoms with Crippen LogP contribution in [0.1, 0.15) is 15.3 Å². The van der Waals surface area contributed by atoms with Crippen LogP contribution in [0.4, 0.5) is 0 Å². The van der Waals surface area contributed by atoms with Crippen molar-refractivity contribution in [2.45, 2.75) is 13.8 Å². The minimum absolute atomic E-state index is 0. The molecule has 0 N–H and O–H groups in total. The van der Waals surface area contributed by atoms with Gasteiger partial charge in [0.25, 0.3) is 0 Å². The van der Waals surface area contributed by atoms with E-state index in [0.717, 1.165) is 0 Å². The lowest BCUT2D eigenvalue weighted by molar-refractivity contribution is -0.140. The van der Waals surface area contributed by atoms with Crippen LogP contribution < -0.4 is 12.4 Å². The first-order valence-corrected chi connectivity index (χ1v) is 1.90. The van der Waals surface area contributed by atoms with Crippen molar-refractivity contribution in [3.05, 3.63) is 0 Å². The molecule has 0 spiro atoms. The van der Waals surface area contributed by atoms with Crippen LogP contribution in [0.5, 0.6) is 0 Å². The van der Waals surface area contributed by atoms with Gasteiger partial charge in [0.2, 0.25) is 0 Å². The first-order valence-electron chi connectivity index (χ1n) is 1.90. The van der Waals surface area contributed by atoms with Crippen LogP contribution in [0.2, 0.25) is 0 Å². The number of hydrogen-bond donors (Lipinski definition) is 0. The fraction of sp³-hybridized carbons (Fsp3) is 0.750. The molecule has 0 amide bonds.